The highest BCUT2D eigenvalue weighted by Crippen LogP contribution is 2.23. The Hall–Kier alpha value is -1.10. The number of hydrogen-bond acceptors (Lipinski definition) is 3. The predicted octanol–water partition coefficient (Wildman–Crippen LogP) is 2.44. The van der Waals surface area contributed by atoms with Gasteiger partial charge in [0.2, 0.25) is 0 Å². The quantitative estimate of drug-likeness (QED) is 0.809. The van der Waals surface area contributed by atoms with Crippen molar-refractivity contribution in [1.82, 2.24) is 4.90 Å². The largest absolute Gasteiger partial charge is 0.481 e. The van der Waals surface area contributed by atoms with Crippen LogP contribution in [0.1, 0.15) is 58.3 Å². The van der Waals surface area contributed by atoms with Crippen LogP contribution in [0.2, 0.25) is 0 Å². The first-order valence-electron chi connectivity index (χ1n) is 8.25. The average Bonchev–Trinajstić information content (AvgIpc) is 2.75. The number of hydrogen-bond donors (Lipinski definition) is 1. The fraction of sp³-hybridized carbons (Fsp3) is 0.875. The van der Waals surface area contributed by atoms with Gasteiger partial charge in [0.15, 0.2) is 0 Å². The number of piperidine rings is 1. The van der Waals surface area contributed by atoms with Gasteiger partial charge in [0.25, 0.3) is 5.91 Å². The summed E-state index contributed by atoms with van der Waals surface area (Å²) in [5.74, 6) is -1.03. The molecule has 5 heteroatoms. The van der Waals surface area contributed by atoms with Crippen molar-refractivity contribution >= 4 is 11.9 Å². The van der Waals surface area contributed by atoms with E-state index in [1.165, 1.54) is 25.7 Å². The van der Waals surface area contributed by atoms with Crippen LogP contribution in [0.4, 0.5) is 0 Å². The molecular formula is C16H27NO4. The number of aliphatic carboxylic acids is 1. The van der Waals surface area contributed by atoms with Crippen molar-refractivity contribution < 1.29 is 19.4 Å². The third-order valence-electron chi connectivity index (χ3n) is 4.70. The van der Waals surface area contributed by atoms with E-state index in [1.807, 2.05) is 6.92 Å². The molecule has 0 aromatic rings. The van der Waals surface area contributed by atoms with Crippen molar-refractivity contribution in [2.45, 2.75) is 70.5 Å². The highest BCUT2D eigenvalue weighted by molar-refractivity contribution is 5.81. The number of amides is 1. The Morgan fingerprint density at radius 2 is 1.62 bits per heavy atom. The number of rotatable bonds is 4. The third-order valence-corrected chi connectivity index (χ3v) is 4.70. The summed E-state index contributed by atoms with van der Waals surface area (Å²) in [7, 11) is 0. The Balaban J connectivity index is 1.78. The van der Waals surface area contributed by atoms with Crippen LogP contribution in [-0.4, -0.2) is 47.2 Å². The topological polar surface area (TPSA) is 66.8 Å². The summed E-state index contributed by atoms with van der Waals surface area (Å²) >= 11 is 0. The molecule has 1 atom stereocenters. The van der Waals surface area contributed by atoms with Gasteiger partial charge in [0.1, 0.15) is 6.10 Å². The monoisotopic (exact) mass is 297 g/mol. The third kappa shape index (κ3) is 4.70. The van der Waals surface area contributed by atoms with Crippen LogP contribution in [-0.2, 0) is 14.3 Å². The maximum atomic E-state index is 12.4. The molecule has 1 heterocycles. The first-order valence-corrected chi connectivity index (χ1v) is 8.25. The van der Waals surface area contributed by atoms with Gasteiger partial charge in [-0.1, -0.05) is 25.7 Å². The molecule has 0 aromatic heterocycles. The van der Waals surface area contributed by atoms with E-state index in [4.69, 9.17) is 9.84 Å². The summed E-state index contributed by atoms with van der Waals surface area (Å²) in [6, 6.07) is 0. The Kier molecular flexibility index (Phi) is 6.03. The molecule has 120 valence electrons. The molecule has 0 spiro atoms. The average molecular weight is 297 g/mol. The zero-order chi connectivity index (χ0) is 15.2. The first kappa shape index (κ1) is 16.3. The number of carbonyl (C=O) groups excluding carboxylic acids is 1. The molecule has 1 N–H and O–H groups in total. The van der Waals surface area contributed by atoms with Crippen LogP contribution in [0, 0.1) is 5.92 Å². The van der Waals surface area contributed by atoms with E-state index in [1.54, 1.807) is 4.90 Å². The molecule has 21 heavy (non-hydrogen) atoms. The maximum absolute atomic E-state index is 12.4. The van der Waals surface area contributed by atoms with Crippen molar-refractivity contribution in [3.8, 4) is 0 Å². The lowest BCUT2D eigenvalue weighted by Crippen LogP contribution is -2.45. The van der Waals surface area contributed by atoms with Crippen LogP contribution in [0.25, 0.3) is 0 Å². The molecule has 0 bridgehead atoms. The summed E-state index contributed by atoms with van der Waals surface area (Å²) in [6.45, 7) is 2.90. The molecule has 5 nitrogen and oxygen atoms in total. The lowest BCUT2D eigenvalue weighted by atomic mass is 9.97. The van der Waals surface area contributed by atoms with Gasteiger partial charge < -0.3 is 14.7 Å². The minimum Gasteiger partial charge on any atom is -0.481 e. The second-order valence-electron chi connectivity index (χ2n) is 6.33. The van der Waals surface area contributed by atoms with Crippen molar-refractivity contribution in [2.24, 2.45) is 5.92 Å². The Bertz CT molecular complexity index is 355. The molecule has 1 aliphatic carbocycles. The summed E-state index contributed by atoms with van der Waals surface area (Å²) < 4.78 is 5.95. The normalized spacial score (nSPS) is 23.6. The Morgan fingerprint density at radius 3 is 2.14 bits per heavy atom. The second kappa shape index (κ2) is 7.78. The molecule has 1 amide bonds. The molecular weight excluding hydrogens is 270 g/mol. The van der Waals surface area contributed by atoms with E-state index in [2.05, 4.69) is 0 Å². The minimum absolute atomic E-state index is 0.0167. The first-order chi connectivity index (χ1) is 10.1. The molecule has 2 aliphatic rings. The Morgan fingerprint density at radius 1 is 1.05 bits per heavy atom. The summed E-state index contributed by atoms with van der Waals surface area (Å²) in [5, 5.41) is 8.99. The van der Waals surface area contributed by atoms with Crippen molar-refractivity contribution in [2.75, 3.05) is 13.1 Å². The van der Waals surface area contributed by atoms with Gasteiger partial charge >= 0.3 is 5.97 Å². The van der Waals surface area contributed by atoms with E-state index in [9.17, 15) is 9.59 Å². The zero-order valence-electron chi connectivity index (χ0n) is 12.9. The van der Waals surface area contributed by atoms with E-state index >= 15 is 0 Å². The lowest BCUT2D eigenvalue weighted by Gasteiger charge is -2.32. The summed E-state index contributed by atoms with van der Waals surface area (Å²) in [6.07, 6.45) is 7.93. The van der Waals surface area contributed by atoms with Crippen molar-refractivity contribution in [1.29, 1.82) is 0 Å². The molecule has 1 saturated heterocycles. The minimum atomic E-state index is -0.746. The molecule has 0 radical (unpaired) electrons. The lowest BCUT2D eigenvalue weighted by molar-refractivity contribution is -0.152. The van der Waals surface area contributed by atoms with Gasteiger partial charge in [-0.25, -0.2) is 0 Å². The number of ether oxygens (including phenoxy) is 1. The van der Waals surface area contributed by atoms with E-state index in [0.717, 1.165) is 12.8 Å². The molecule has 1 saturated carbocycles. The van der Waals surface area contributed by atoms with Gasteiger partial charge in [0.05, 0.1) is 12.0 Å². The summed E-state index contributed by atoms with van der Waals surface area (Å²) in [4.78, 5) is 25.1. The number of carboxylic acid groups (broad SMARTS) is 1. The van der Waals surface area contributed by atoms with Crippen LogP contribution in [0.3, 0.4) is 0 Å². The fourth-order valence-corrected chi connectivity index (χ4v) is 3.33. The number of carbonyl (C=O) groups is 2. The molecule has 2 rings (SSSR count). The van der Waals surface area contributed by atoms with Crippen LogP contribution in [0.5, 0.6) is 0 Å². The predicted molar refractivity (Wildman–Crippen MR) is 79.0 cm³/mol. The number of nitrogens with zero attached hydrogens (tertiary/aromatic N) is 1. The molecule has 1 aliphatic heterocycles. The van der Waals surface area contributed by atoms with Crippen molar-refractivity contribution in [3.05, 3.63) is 0 Å². The highest BCUT2D eigenvalue weighted by Gasteiger charge is 2.30. The smallest absolute Gasteiger partial charge is 0.306 e. The number of likely N-dealkylation sites (tertiary alicyclic amines) is 1. The standard InChI is InChI=1S/C16H27NO4/c1-12(21-14-6-4-2-3-5-7-14)15(18)17-10-8-13(9-11-17)16(19)20/h12-14H,2-11H2,1H3,(H,19,20). The second-order valence-corrected chi connectivity index (χ2v) is 6.33. The summed E-state index contributed by atoms with van der Waals surface area (Å²) in [5.41, 5.74) is 0. The molecule has 0 aromatic carbocycles. The fourth-order valence-electron chi connectivity index (χ4n) is 3.33. The van der Waals surface area contributed by atoms with Gasteiger partial charge in [0, 0.05) is 13.1 Å². The van der Waals surface area contributed by atoms with Gasteiger partial charge in [-0.05, 0) is 32.6 Å². The Labute approximate surface area is 126 Å². The van der Waals surface area contributed by atoms with E-state index in [-0.39, 0.29) is 17.9 Å². The van der Waals surface area contributed by atoms with Crippen LogP contribution in [0.15, 0.2) is 0 Å². The van der Waals surface area contributed by atoms with Gasteiger partial charge in [-0.3, -0.25) is 9.59 Å². The molecule has 1 unspecified atom stereocenters. The maximum Gasteiger partial charge on any atom is 0.306 e. The SMILES string of the molecule is CC(OC1CCCCCC1)C(=O)N1CCC(C(=O)O)CC1. The van der Waals surface area contributed by atoms with E-state index < -0.39 is 12.1 Å². The van der Waals surface area contributed by atoms with Crippen LogP contribution >= 0.6 is 0 Å². The van der Waals surface area contributed by atoms with E-state index in [0.29, 0.717) is 25.9 Å². The van der Waals surface area contributed by atoms with Crippen molar-refractivity contribution in [3.63, 3.8) is 0 Å². The zero-order valence-corrected chi connectivity index (χ0v) is 12.9. The highest BCUT2D eigenvalue weighted by atomic mass is 16.5. The van der Waals surface area contributed by atoms with Gasteiger partial charge in [-0.2, -0.15) is 0 Å². The van der Waals surface area contributed by atoms with Gasteiger partial charge in [-0.15, -0.1) is 0 Å². The number of carboxylic acids is 1. The molecule has 2 fully saturated rings. The van der Waals surface area contributed by atoms with Crippen LogP contribution < -0.4 is 0 Å².